The van der Waals surface area contributed by atoms with E-state index in [2.05, 4.69) is 22.2 Å². The number of anilines is 2. The highest BCUT2D eigenvalue weighted by Crippen LogP contribution is 2.34. The van der Waals surface area contributed by atoms with Crippen molar-refractivity contribution < 1.29 is 4.92 Å². The first-order valence-electron chi connectivity index (χ1n) is 7.65. The molecule has 2 heterocycles. The Morgan fingerprint density at radius 3 is 2.95 bits per heavy atom. The monoisotopic (exact) mass is 293 g/mol. The summed E-state index contributed by atoms with van der Waals surface area (Å²) in [7, 11) is 0. The van der Waals surface area contributed by atoms with Crippen LogP contribution in [-0.2, 0) is 0 Å². The molecule has 1 unspecified atom stereocenters. The van der Waals surface area contributed by atoms with Crippen LogP contribution in [0.15, 0.2) is 6.33 Å². The zero-order chi connectivity index (χ0) is 15.2. The maximum atomic E-state index is 11.5. The molecule has 0 amide bonds. The van der Waals surface area contributed by atoms with Gasteiger partial charge in [0.1, 0.15) is 6.33 Å². The van der Waals surface area contributed by atoms with Gasteiger partial charge in [0.2, 0.25) is 11.6 Å². The van der Waals surface area contributed by atoms with Crippen molar-refractivity contribution in [2.75, 3.05) is 29.9 Å². The highest BCUT2D eigenvalue weighted by molar-refractivity contribution is 5.70. The molecule has 116 valence electrons. The van der Waals surface area contributed by atoms with Gasteiger partial charge in [-0.1, -0.05) is 20.3 Å². The van der Waals surface area contributed by atoms with Crippen molar-refractivity contribution in [1.29, 1.82) is 0 Å². The number of hydrogen-bond acceptors (Lipinski definition) is 6. The Labute approximate surface area is 124 Å². The molecule has 1 aromatic heterocycles. The molecule has 1 aliphatic heterocycles. The van der Waals surface area contributed by atoms with Gasteiger partial charge in [-0.05, 0) is 25.2 Å². The lowest BCUT2D eigenvalue weighted by Gasteiger charge is -2.32. The Morgan fingerprint density at radius 1 is 1.48 bits per heavy atom. The maximum Gasteiger partial charge on any atom is 0.353 e. The van der Waals surface area contributed by atoms with E-state index in [-0.39, 0.29) is 10.6 Å². The Balaban J connectivity index is 2.31. The molecule has 0 saturated carbocycles. The van der Waals surface area contributed by atoms with E-state index in [0.29, 0.717) is 24.1 Å². The number of rotatable bonds is 6. The molecule has 0 aromatic carbocycles. The van der Waals surface area contributed by atoms with Gasteiger partial charge in [0.05, 0.1) is 4.92 Å². The first kappa shape index (κ1) is 15.5. The van der Waals surface area contributed by atoms with Gasteiger partial charge < -0.3 is 10.2 Å². The molecule has 1 aliphatic rings. The first-order valence-corrected chi connectivity index (χ1v) is 7.65. The fourth-order valence-corrected chi connectivity index (χ4v) is 2.73. The second-order valence-corrected chi connectivity index (χ2v) is 5.44. The van der Waals surface area contributed by atoms with E-state index in [9.17, 15) is 10.1 Å². The van der Waals surface area contributed by atoms with Gasteiger partial charge in [0.15, 0.2) is 0 Å². The van der Waals surface area contributed by atoms with Crippen LogP contribution in [0.2, 0.25) is 0 Å². The molecule has 2 rings (SSSR count). The van der Waals surface area contributed by atoms with E-state index in [1.165, 1.54) is 12.7 Å². The first-order chi connectivity index (χ1) is 10.2. The molecule has 21 heavy (non-hydrogen) atoms. The normalized spacial score (nSPS) is 18.6. The predicted molar refractivity (Wildman–Crippen MR) is 82.7 cm³/mol. The molecule has 1 saturated heterocycles. The molecule has 0 radical (unpaired) electrons. The molecule has 0 bridgehead atoms. The number of aromatic nitrogens is 2. The predicted octanol–water partition coefficient (Wildman–Crippen LogP) is 2.83. The molecule has 7 nitrogen and oxygen atoms in total. The van der Waals surface area contributed by atoms with Gasteiger partial charge in [0, 0.05) is 19.6 Å². The van der Waals surface area contributed by atoms with Crippen LogP contribution in [0.1, 0.15) is 39.5 Å². The van der Waals surface area contributed by atoms with Crippen molar-refractivity contribution in [2.24, 2.45) is 5.92 Å². The summed E-state index contributed by atoms with van der Waals surface area (Å²) in [5.74, 6) is 1.36. The van der Waals surface area contributed by atoms with Crippen LogP contribution >= 0.6 is 0 Å². The van der Waals surface area contributed by atoms with Crippen molar-refractivity contribution >= 4 is 17.3 Å². The van der Waals surface area contributed by atoms with Crippen LogP contribution in [0.3, 0.4) is 0 Å². The van der Waals surface area contributed by atoms with Gasteiger partial charge in [-0.2, -0.15) is 0 Å². The minimum Gasteiger partial charge on any atom is -0.364 e. The van der Waals surface area contributed by atoms with Crippen molar-refractivity contribution in [3.8, 4) is 0 Å². The van der Waals surface area contributed by atoms with E-state index in [1.807, 2.05) is 11.8 Å². The fourth-order valence-electron chi connectivity index (χ4n) is 2.73. The smallest absolute Gasteiger partial charge is 0.353 e. The van der Waals surface area contributed by atoms with Gasteiger partial charge in [-0.25, -0.2) is 9.97 Å². The summed E-state index contributed by atoms with van der Waals surface area (Å²) in [5.41, 5.74) is 0.00250. The van der Waals surface area contributed by atoms with Crippen molar-refractivity contribution in [2.45, 2.75) is 39.5 Å². The summed E-state index contributed by atoms with van der Waals surface area (Å²) < 4.78 is 0. The van der Waals surface area contributed by atoms with Crippen molar-refractivity contribution in [1.82, 2.24) is 9.97 Å². The summed E-state index contributed by atoms with van der Waals surface area (Å²) in [4.78, 5) is 21.4. The highest BCUT2D eigenvalue weighted by atomic mass is 16.6. The van der Waals surface area contributed by atoms with Crippen molar-refractivity contribution in [3.63, 3.8) is 0 Å². The second kappa shape index (κ2) is 7.19. The zero-order valence-corrected chi connectivity index (χ0v) is 12.7. The topological polar surface area (TPSA) is 84.2 Å². The van der Waals surface area contributed by atoms with Gasteiger partial charge in [0.25, 0.3) is 0 Å². The molecule has 1 atom stereocenters. The number of piperidine rings is 1. The van der Waals surface area contributed by atoms with Crippen molar-refractivity contribution in [3.05, 3.63) is 16.4 Å². The fraction of sp³-hybridized carbons (Fsp3) is 0.714. The maximum absolute atomic E-state index is 11.5. The Bertz CT molecular complexity index is 494. The number of hydrogen-bond donors (Lipinski definition) is 1. The quantitative estimate of drug-likeness (QED) is 0.641. The van der Waals surface area contributed by atoms with Crippen LogP contribution in [0.4, 0.5) is 17.3 Å². The van der Waals surface area contributed by atoms with Crippen LogP contribution in [0, 0.1) is 16.0 Å². The Morgan fingerprint density at radius 2 is 2.29 bits per heavy atom. The molecule has 1 N–H and O–H groups in total. The molecular formula is C14H23N5O2. The van der Waals surface area contributed by atoms with Crippen LogP contribution in [-0.4, -0.2) is 34.5 Å². The van der Waals surface area contributed by atoms with Gasteiger partial charge >= 0.3 is 5.69 Å². The number of nitro groups is 1. The Hall–Kier alpha value is -1.92. The third-order valence-corrected chi connectivity index (χ3v) is 3.92. The lowest BCUT2D eigenvalue weighted by atomic mass is 9.95. The minimum atomic E-state index is -0.372. The third kappa shape index (κ3) is 3.59. The van der Waals surface area contributed by atoms with Gasteiger partial charge in [-0.15, -0.1) is 0 Å². The average molecular weight is 293 g/mol. The summed E-state index contributed by atoms with van der Waals surface area (Å²) >= 11 is 0. The second-order valence-electron chi connectivity index (χ2n) is 5.44. The molecule has 0 spiro atoms. The van der Waals surface area contributed by atoms with E-state index in [0.717, 1.165) is 32.4 Å². The van der Waals surface area contributed by atoms with E-state index >= 15 is 0 Å². The van der Waals surface area contributed by atoms with Crippen LogP contribution < -0.4 is 10.2 Å². The summed E-state index contributed by atoms with van der Waals surface area (Å²) in [5, 5.41) is 14.5. The minimum absolute atomic E-state index is 0.00250. The van der Waals surface area contributed by atoms with Gasteiger partial charge in [-0.3, -0.25) is 10.1 Å². The summed E-state index contributed by atoms with van der Waals surface area (Å²) in [6.45, 7) is 6.49. The summed E-state index contributed by atoms with van der Waals surface area (Å²) in [6.07, 6.45) is 5.63. The molecular weight excluding hydrogens is 270 g/mol. The zero-order valence-electron chi connectivity index (χ0n) is 12.7. The van der Waals surface area contributed by atoms with E-state index < -0.39 is 0 Å². The lowest BCUT2D eigenvalue weighted by Crippen LogP contribution is -2.36. The Kier molecular flexibility index (Phi) is 5.30. The third-order valence-electron chi connectivity index (χ3n) is 3.92. The molecule has 1 aromatic rings. The average Bonchev–Trinajstić information content (AvgIpc) is 2.52. The van der Waals surface area contributed by atoms with E-state index in [4.69, 9.17) is 0 Å². The molecule has 7 heteroatoms. The largest absolute Gasteiger partial charge is 0.364 e. The number of nitrogens with zero attached hydrogens (tertiary/aromatic N) is 4. The van der Waals surface area contributed by atoms with Crippen LogP contribution in [0.5, 0.6) is 0 Å². The SMILES string of the molecule is CCCNc1ncnc(N2CCCC(CC)C2)c1[N+](=O)[O-]. The van der Waals surface area contributed by atoms with Crippen LogP contribution in [0.25, 0.3) is 0 Å². The molecule has 0 aliphatic carbocycles. The van der Waals surface area contributed by atoms with E-state index in [1.54, 1.807) is 0 Å². The summed E-state index contributed by atoms with van der Waals surface area (Å²) in [6, 6.07) is 0. The highest BCUT2D eigenvalue weighted by Gasteiger charge is 2.29. The standard InChI is InChI=1S/C14H23N5O2/c1-3-7-15-13-12(19(20)21)14(17-10-16-13)18-8-5-6-11(4-2)9-18/h10-11H,3-9H2,1-2H3,(H,15,16,17). The molecule has 1 fully saturated rings. The number of nitrogens with one attached hydrogen (secondary N) is 1. The lowest BCUT2D eigenvalue weighted by molar-refractivity contribution is -0.383.